The van der Waals surface area contributed by atoms with Gasteiger partial charge in [0.15, 0.2) is 5.72 Å². The zero-order valence-electron chi connectivity index (χ0n) is 17.9. The quantitative estimate of drug-likeness (QED) is 0.183. The third kappa shape index (κ3) is 3.55. The molecule has 2 fully saturated rings. The summed E-state index contributed by atoms with van der Waals surface area (Å²) in [5, 5.41) is 6.53. The van der Waals surface area contributed by atoms with Crippen molar-refractivity contribution in [2.45, 2.75) is 38.1 Å². The maximum Gasteiger partial charge on any atom is 0.404 e. The summed E-state index contributed by atoms with van der Waals surface area (Å²) in [5.41, 5.74) is 5.71. The number of piperazine rings is 1. The van der Waals surface area contributed by atoms with Crippen LogP contribution in [-0.4, -0.2) is 78.7 Å². The first-order valence-corrected chi connectivity index (χ1v) is 12.9. The summed E-state index contributed by atoms with van der Waals surface area (Å²) >= 11 is 0. The highest BCUT2D eigenvalue weighted by atomic mass is 33.1. The molecule has 0 radical (unpaired) electrons. The lowest BCUT2D eigenvalue weighted by atomic mass is 9.82. The van der Waals surface area contributed by atoms with Gasteiger partial charge in [-0.25, -0.2) is 4.79 Å². The Balaban J connectivity index is 1.59. The van der Waals surface area contributed by atoms with Crippen LogP contribution in [0.15, 0.2) is 22.5 Å². The summed E-state index contributed by atoms with van der Waals surface area (Å²) in [6, 6.07) is 0.128. The summed E-state index contributed by atoms with van der Waals surface area (Å²) in [6.45, 7) is 4.82. The van der Waals surface area contributed by atoms with Gasteiger partial charge in [0.25, 0.3) is 0 Å². The smallest absolute Gasteiger partial charge is 0.404 e. The van der Waals surface area contributed by atoms with Crippen molar-refractivity contribution in [3.63, 3.8) is 0 Å². The molecule has 11 heteroatoms. The number of nitrogens with one attached hydrogen (secondary N) is 2. The predicted molar refractivity (Wildman–Crippen MR) is 119 cm³/mol. The molecule has 2 saturated heterocycles. The van der Waals surface area contributed by atoms with E-state index in [1.165, 1.54) is 0 Å². The van der Waals surface area contributed by atoms with Gasteiger partial charge in [-0.2, -0.15) is 0 Å². The highest BCUT2D eigenvalue weighted by Gasteiger charge is 2.72. The van der Waals surface area contributed by atoms with Crippen molar-refractivity contribution < 1.29 is 23.9 Å². The fourth-order valence-corrected chi connectivity index (χ4v) is 6.97. The van der Waals surface area contributed by atoms with Crippen LogP contribution in [0, 0.1) is 5.92 Å². The van der Waals surface area contributed by atoms with E-state index in [1.54, 1.807) is 35.6 Å². The van der Waals surface area contributed by atoms with Gasteiger partial charge in [-0.1, -0.05) is 28.5 Å². The molecule has 4 rings (SSSR count). The number of carbonyl (C=O) groups is 3. The molecule has 0 spiro atoms. The maximum absolute atomic E-state index is 13.6. The summed E-state index contributed by atoms with van der Waals surface area (Å²) in [6.07, 6.45) is 0.189. The summed E-state index contributed by atoms with van der Waals surface area (Å²) < 4.78 is 11.1. The number of allylic oxidation sites excluding steroid dienone is 2. The van der Waals surface area contributed by atoms with Gasteiger partial charge < -0.3 is 30.7 Å². The maximum atomic E-state index is 13.6. The second kappa shape index (κ2) is 8.68. The first-order valence-electron chi connectivity index (χ1n) is 10.4. The Labute approximate surface area is 189 Å². The highest BCUT2D eigenvalue weighted by molar-refractivity contribution is 8.76. The SMILES string of the molecule is CCCSSCCNC1=C(C)C(=O)C2=C(C1=O)[C@@H](COC(N)=O)[C@@]1(OC)[C@H]3N[C@H]3CN21. The number of Topliss-reactive ketones (excluding diaryl/α,β-unsaturated/α-hetero) is 2. The number of nitrogens with zero attached hydrogens (tertiary/aromatic N) is 1. The number of hydrogen-bond donors (Lipinski definition) is 3. The monoisotopic (exact) mass is 468 g/mol. The molecule has 4 atom stereocenters. The number of amides is 1. The Morgan fingerprint density at radius 3 is 2.74 bits per heavy atom. The average Bonchev–Trinajstić information content (AvgIpc) is 3.35. The van der Waals surface area contributed by atoms with E-state index in [0.29, 0.717) is 35.6 Å². The van der Waals surface area contributed by atoms with Crippen LogP contribution in [0.5, 0.6) is 0 Å². The zero-order valence-corrected chi connectivity index (χ0v) is 19.5. The highest BCUT2D eigenvalue weighted by Crippen LogP contribution is 2.55. The van der Waals surface area contributed by atoms with Crippen LogP contribution >= 0.6 is 21.6 Å². The molecule has 0 aromatic carbocycles. The Morgan fingerprint density at radius 1 is 1.32 bits per heavy atom. The number of ether oxygens (including phenoxy) is 2. The van der Waals surface area contributed by atoms with Crippen LogP contribution in [0.4, 0.5) is 4.79 Å². The minimum Gasteiger partial charge on any atom is -0.449 e. The van der Waals surface area contributed by atoms with Gasteiger partial charge in [0.1, 0.15) is 6.61 Å². The van der Waals surface area contributed by atoms with Crippen LogP contribution in [0.25, 0.3) is 0 Å². The van der Waals surface area contributed by atoms with Crippen molar-refractivity contribution in [2.24, 2.45) is 11.7 Å². The van der Waals surface area contributed by atoms with Gasteiger partial charge in [-0.05, 0) is 13.3 Å². The lowest BCUT2D eigenvalue weighted by Crippen LogP contribution is -2.55. The van der Waals surface area contributed by atoms with E-state index in [0.717, 1.165) is 17.9 Å². The second-order valence-electron chi connectivity index (χ2n) is 7.99. The minimum atomic E-state index is -0.946. The molecule has 0 saturated carbocycles. The van der Waals surface area contributed by atoms with E-state index < -0.39 is 17.7 Å². The molecule has 3 aliphatic heterocycles. The summed E-state index contributed by atoms with van der Waals surface area (Å²) in [7, 11) is 5.09. The van der Waals surface area contributed by atoms with Gasteiger partial charge in [0, 0.05) is 48.9 Å². The van der Waals surface area contributed by atoms with Crippen LogP contribution < -0.4 is 16.4 Å². The molecule has 4 aliphatic rings. The van der Waals surface area contributed by atoms with Crippen molar-refractivity contribution >= 4 is 39.2 Å². The van der Waals surface area contributed by atoms with E-state index in [1.807, 2.05) is 4.90 Å². The Morgan fingerprint density at radius 2 is 2.06 bits per heavy atom. The lowest BCUT2D eigenvalue weighted by Gasteiger charge is -2.39. The molecule has 31 heavy (non-hydrogen) atoms. The number of ketones is 2. The van der Waals surface area contributed by atoms with Crippen LogP contribution in [-0.2, 0) is 19.1 Å². The van der Waals surface area contributed by atoms with Gasteiger partial charge in [0.2, 0.25) is 11.6 Å². The van der Waals surface area contributed by atoms with E-state index in [-0.39, 0.29) is 30.3 Å². The van der Waals surface area contributed by atoms with Gasteiger partial charge in [0.05, 0.1) is 23.4 Å². The molecule has 0 aromatic heterocycles. The number of rotatable bonds is 10. The van der Waals surface area contributed by atoms with E-state index in [9.17, 15) is 14.4 Å². The minimum absolute atomic E-state index is 0.0473. The van der Waals surface area contributed by atoms with Crippen molar-refractivity contribution in [3.8, 4) is 0 Å². The fourth-order valence-electron chi connectivity index (χ4n) is 4.92. The Kier molecular flexibility index (Phi) is 6.30. The first-order chi connectivity index (χ1) is 14.9. The lowest BCUT2D eigenvalue weighted by molar-refractivity contribution is -0.137. The number of methoxy groups -OCH3 is 1. The number of carbonyl (C=O) groups excluding carboxylic acids is 3. The average molecular weight is 469 g/mol. The molecule has 0 bridgehead atoms. The van der Waals surface area contributed by atoms with E-state index >= 15 is 0 Å². The fraction of sp³-hybridized carbons (Fsp3) is 0.650. The van der Waals surface area contributed by atoms with Gasteiger partial charge in [-0.3, -0.25) is 9.59 Å². The molecule has 9 nitrogen and oxygen atoms in total. The summed E-state index contributed by atoms with van der Waals surface area (Å²) in [4.78, 5) is 40.2. The standard InChI is InChI=1S/C20H28N4O5S2/c1-4-6-30-31-7-5-22-14-10(2)16(25)15-13(17(14)26)11(9-29-19(21)27)20(28-3)18-12(23-18)8-24(15)20/h11-12,18,22-23H,4-9H2,1-3H3,(H2,21,27)/t11-,12+,18+,20-/m1/s1. The van der Waals surface area contributed by atoms with Crippen LogP contribution in [0.3, 0.4) is 0 Å². The third-order valence-corrected chi connectivity index (χ3v) is 8.90. The molecule has 0 unspecified atom stereocenters. The molecule has 170 valence electrons. The van der Waals surface area contributed by atoms with Crippen molar-refractivity contribution in [2.75, 3.05) is 38.3 Å². The second-order valence-corrected chi connectivity index (χ2v) is 10.7. The van der Waals surface area contributed by atoms with E-state index in [2.05, 4.69) is 17.6 Å². The van der Waals surface area contributed by atoms with Gasteiger partial charge >= 0.3 is 6.09 Å². The first kappa shape index (κ1) is 22.5. The topological polar surface area (TPSA) is 133 Å². The largest absolute Gasteiger partial charge is 0.449 e. The number of primary amides is 1. The number of nitrogens with two attached hydrogens (primary N) is 1. The number of fused-ring (bicyclic) bond motifs is 4. The Bertz CT molecular complexity index is 876. The zero-order chi connectivity index (χ0) is 22.3. The molecule has 0 aromatic rings. The molecular weight excluding hydrogens is 440 g/mol. The Hall–Kier alpha value is -1.69. The van der Waals surface area contributed by atoms with Crippen molar-refractivity contribution in [1.29, 1.82) is 0 Å². The normalized spacial score (nSPS) is 31.1. The molecule has 1 amide bonds. The van der Waals surface area contributed by atoms with Crippen LogP contribution in [0.2, 0.25) is 0 Å². The van der Waals surface area contributed by atoms with Crippen molar-refractivity contribution in [1.82, 2.24) is 15.5 Å². The summed E-state index contributed by atoms with van der Waals surface area (Å²) in [5.74, 6) is 0.854. The van der Waals surface area contributed by atoms with Gasteiger partial charge in [-0.15, -0.1) is 0 Å². The number of hydrogen-bond acceptors (Lipinski definition) is 10. The van der Waals surface area contributed by atoms with Crippen molar-refractivity contribution in [3.05, 3.63) is 22.5 Å². The third-order valence-electron chi connectivity index (χ3n) is 6.29. The molecule has 1 aliphatic carbocycles. The molecule has 3 heterocycles. The molecular formula is C20H28N4O5S2. The van der Waals surface area contributed by atoms with Crippen LogP contribution in [0.1, 0.15) is 20.3 Å². The van der Waals surface area contributed by atoms with E-state index in [4.69, 9.17) is 15.2 Å². The predicted octanol–water partition coefficient (Wildman–Crippen LogP) is 0.771. The molecule has 4 N–H and O–H groups in total.